The number of nitrogens with zero attached hydrogens (tertiary/aromatic N) is 2. The molecule has 150 valence electrons. The van der Waals surface area contributed by atoms with Crippen LogP contribution in [0.2, 0.25) is 0 Å². The maximum Gasteiger partial charge on any atom is 0.344 e. The molecule has 0 bridgehead atoms. The number of imide groups is 1. The van der Waals surface area contributed by atoms with Crippen LogP contribution in [0.25, 0.3) is 0 Å². The maximum atomic E-state index is 12.8. The predicted molar refractivity (Wildman–Crippen MR) is 101 cm³/mol. The summed E-state index contributed by atoms with van der Waals surface area (Å²) in [6.45, 7) is 2.97. The van der Waals surface area contributed by atoms with Crippen LogP contribution < -0.4 is 15.5 Å². The van der Waals surface area contributed by atoms with Crippen molar-refractivity contribution in [3.63, 3.8) is 0 Å². The summed E-state index contributed by atoms with van der Waals surface area (Å²) in [7, 11) is 0. The van der Waals surface area contributed by atoms with Gasteiger partial charge in [-0.25, -0.2) is 4.79 Å². The van der Waals surface area contributed by atoms with Crippen molar-refractivity contribution in [1.82, 2.24) is 15.8 Å². The van der Waals surface area contributed by atoms with E-state index in [1.54, 1.807) is 12.1 Å². The van der Waals surface area contributed by atoms with Crippen LogP contribution in [0.4, 0.5) is 10.5 Å². The second-order valence-corrected chi connectivity index (χ2v) is 6.64. The van der Waals surface area contributed by atoms with Gasteiger partial charge in [-0.1, -0.05) is 17.7 Å². The molecule has 1 aliphatic heterocycles. The van der Waals surface area contributed by atoms with Crippen molar-refractivity contribution in [2.45, 2.75) is 19.4 Å². The summed E-state index contributed by atoms with van der Waals surface area (Å²) in [6, 6.07) is 11.4. The van der Waals surface area contributed by atoms with Gasteiger partial charge in [0, 0.05) is 12.1 Å². The number of hydrazine groups is 1. The fourth-order valence-corrected chi connectivity index (χ4v) is 2.79. The standard InChI is InChI=1S/C19H18N4O6/c1-12-3-9-15(10-4-12)29-11-16(24)21-22-17(25)19(2,20-18(22)26)13-5-7-14(8-6-13)23(27)28/h3-10H,11H2,1-2H3,(H,20,26)(H,21,24)/t19-/m1/s1. The SMILES string of the molecule is Cc1ccc(OCC(=O)NN2C(=O)N[C@](C)(c3ccc([N+](=O)[O-])cc3)C2=O)cc1. The molecule has 1 saturated heterocycles. The zero-order valence-electron chi connectivity index (χ0n) is 15.7. The summed E-state index contributed by atoms with van der Waals surface area (Å²) < 4.78 is 5.33. The summed E-state index contributed by atoms with van der Waals surface area (Å²) >= 11 is 0. The summed E-state index contributed by atoms with van der Waals surface area (Å²) in [6.07, 6.45) is 0. The first-order valence-corrected chi connectivity index (χ1v) is 8.61. The van der Waals surface area contributed by atoms with Crippen LogP contribution in [0, 0.1) is 17.0 Å². The molecule has 10 heteroatoms. The monoisotopic (exact) mass is 398 g/mol. The molecule has 0 aliphatic carbocycles. The Morgan fingerprint density at radius 3 is 2.38 bits per heavy atom. The summed E-state index contributed by atoms with van der Waals surface area (Å²) in [5, 5.41) is 13.8. The molecule has 10 nitrogen and oxygen atoms in total. The number of nitrogens with one attached hydrogen (secondary N) is 2. The lowest BCUT2D eigenvalue weighted by Crippen LogP contribution is -2.49. The van der Waals surface area contributed by atoms with Gasteiger partial charge in [-0.05, 0) is 43.7 Å². The van der Waals surface area contributed by atoms with Gasteiger partial charge in [0.05, 0.1) is 4.92 Å². The van der Waals surface area contributed by atoms with Gasteiger partial charge >= 0.3 is 6.03 Å². The number of urea groups is 1. The molecule has 0 unspecified atom stereocenters. The van der Waals surface area contributed by atoms with Gasteiger partial charge in [-0.3, -0.25) is 25.1 Å². The van der Waals surface area contributed by atoms with E-state index in [4.69, 9.17) is 4.74 Å². The number of hydrogen-bond donors (Lipinski definition) is 2. The van der Waals surface area contributed by atoms with Crippen LogP contribution in [0.15, 0.2) is 48.5 Å². The maximum absolute atomic E-state index is 12.8. The van der Waals surface area contributed by atoms with Crippen molar-refractivity contribution in [2.75, 3.05) is 6.61 Å². The van der Waals surface area contributed by atoms with Crippen LogP contribution in [-0.2, 0) is 15.1 Å². The first kappa shape index (κ1) is 19.8. The summed E-state index contributed by atoms with van der Waals surface area (Å²) in [4.78, 5) is 47.3. The fourth-order valence-electron chi connectivity index (χ4n) is 2.79. The van der Waals surface area contributed by atoms with Crippen molar-refractivity contribution < 1.29 is 24.0 Å². The molecule has 4 amide bonds. The largest absolute Gasteiger partial charge is 0.484 e. The van der Waals surface area contributed by atoms with E-state index in [9.17, 15) is 24.5 Å². The number of carbonyl (C=O) groups excluding carboxylic acids is 3. The molecule has 1 aliphatic rings. The van der Waals surface area contributed by atoms with E-state index < -0.39 is 34.9 Å². The van der Waals surface area contributed by atoms with E-state index in [1.807, 2.05) is 19.1 Å². The lowest BCUT2D eigenvalue weighted by molar-refractivity contribution is -0.384. The van der Waals surface area contributed by atoms with E-state index in [2.05, 4.69) is 10.7 Å². The lowest BCUT2D eigenvalue weighted by atomic mass is 9.92. The highest BCUT2D eigenvalue weighted by atomic mass is 16.6. The van der Waals surface area contributed by atoms with Gasteiger partial charge in [0.25, 0.3) is 17.5 Å². The second kappa shape index (κ2) is 7.58. The van der Waals surface area contributed by atoms with Crippen LogP contribution >= 0.6 is 0 Å². The highest BCUT2D eigenvalue weighted by molar-refractivity contribution is 6.08. The van der Waals surface area contributed by atoms with Crippen molar-refractivity contribution >= 4 is 23.5 Å². The van der Waals surface area contributed by atoms with Crippen LogP contribution in [0.5, 0.6) is 5.75 Å². The number of nitro benzene ring substituents is 1. The Hall–Kier alpha value is -3.95. The number of rotatable bonds is 6. The molecule has 0 spiro atoms. The number of hydrogen-bond acceptors (Lipinski definition) is 6. The number of amides is 4. The van der Waals surface area contributed by atoms with E-state index in [-0.39, 0.29) is 5.69 Å². The van der Waals surface area contributed by atoms with Gasteiger partial charge in [0.2, 0.25) is 0 Å². The van der Waals surface area contributed by atoms with Crippen molar-refractivity contribution in [1.29, 1.82) is 0 Å². The predicted octanol–water partition coefficient (Wildman–Crippen LogP) is 1.78. The molecule has 2 aromatic carbocycles. The number of aryl methyl sites for hydroxylation is 1. The Bertz CT molecular complexity index is 973. The Kier molecular flexibility index (Phi) is 5.18. The fraction of sp³-hybridized carbons (Fsp3) is 0.211. The van der Waals surface area contributed by atoms with Crippen molar-refractivity contribution in [3.05, 3.63) is 69.8 Å². The third-order valence-corrected chi connectivity index (χ3v) is 4.47. The molecule has 29 heavy (non-hydrogen) atoms. The number of non-ortho nitro benzene ring substituents is 1. The minimum Gasteiger partial charge on any atom is -0.484 e. The topological polar surface area (TPSA) is 131 Å². The Morgan fingerprint density at radius 1 is 1.17 bits per heavy atom. The number of ether oxygens (including phenoxy) is 1. The van der Waals surface area contributed by atoms with Gasteiger partial charge in [0.1, 0.15) is 11.3 Å². The molecule has 3 rings (SSSR count). The number of benzene rings is 2. The molecule has 0 radical (unpaired) electrons. The van der Waals surface area contributed by atoms with Gasteiger partial charge in [-0.15, -0.1) is 0 Å². The van der Waals surface area contributed by atoms with Gasteiger partial charge in [-0.2, -0.15) is 5.01 Å². The van der Waals surface area contributed by atoms with Crippen molar-refractivity contribution in [2.24, 2.45) is 0 Å². The molecule has 1 atom stereocenters. The zero-order valence-corrected chi connectivity index (χ0v) is 15.7. The average Bonchev–Trinajstić information content (AvgIpc) is 2.91. The molecule has 2 aromatic rings. The van der Waals surface area contributed by atoms with E-state index in [0.29, 0.717) is 16.3 Å². The Balaban J connectivity index is 1.67. The van der Waals surface area contributed by atoms with E-state index in [0.717, 1.165) is 5.56 Å². The minimum atomic E-state index is -1.47. The first-order valence-electron chi connectivity index (χ1n) is 8.61. The number of nitro groups is 1. The molecule has 1 fully saturated rings. The first-order chi connectivity index (χ1) is 13.7. The molecular weight excluding hydrogens is 380 g/mol. The third kappa shape index (κ3) is 4.00. The molecule has 2 N–H and O–H groups in total. The Morgan fingerprint density at radius 2 is 1.79 bits per heavy atom. The highest BCUT2D eigenvalue weighted by Gasteiger charge is 2.50. The molecular formula is C19H18N4O6. The van der Waals surface area contributed by atoms with Crippen LogP contribution in [0.3, 0.4) is 0 Å². The van der Waals surface area contributed by atoms with Crippen LogP contribution in [0.1, 0.15) is 18.1 Å². The normalized spacial score (nSPS) is 18.3. The van der Waals surface area contributed by atoms with E-state index >= 15 is 0 Å². The molecule has 1 heterocycles. The lowest BCUT2D eigenvalue weighted by Gasteiger charge is -2.22. The van der Waals surface area contributed by atoms with Crippen LogP contribution in [-0.4, -0.2) is 34.4 Å². The average molecular weight is 398 g/mol. The Labute approximate surface area is 165 Å². The summed E-state index contributed by atoms with van der Waals surface area (Å²) in [5.74, 6) is -0.944. The van der Waals surface area contributed by atoms with Crippen molar-refractivity contribution in [3.8, 4) is 5.75 Å². The quantitative estimate of drug-likeness (QED) is 0.433. The zero-order chi connectivity index (χ0) is 21.2. The molecule has 0 aromatic heterocycles. The third-order valence-electron chi connectivity index (χ3n) is 4.47. The van der Waals surface area contributed by atoms with Gasteiger partial charge < -0.3 is 10.1 Å². The second-order valence-electron chi connectivity index (χ2n) is 6.64. The van der Waals surface area contributed by atoms with Gasteiger partial charge in [0.15, 0.2) is 6.61 Å². The smallest absolute Gasteiger partial charge is 0.344 e. The summed E-state index contributed by atoms with van der Waals surface area (Å²) in [5.41, 5.74) is 1.97. The highest BCUT2D eigenvalue weighted by Crippen LogP contribution is 2.29. The molecule has 0 saturated carbocycles. The van der Waals surface area contributed by atoms with E-state index in [1.165, 1.54) is 31.2 Å². The number of carbonyl (C=O) groups is 3. The minimum absolute atomic E-state index is 0.146.